The minimum Gasteiger partial charge on any atom is -0.333 e. The van der Waals surface area contributed by atoms with Gasteiger partial charge < -0.3 is 5.32 Å². The Kier molecular flexibility index (Phi) is 2.15. The number of rotatable bonds is 1. The average molecular weight is 138 g/mol. The van der Waals surface area contributed by atoms with E-state index in [0.29, 0.717) is 0 Å². The second-order valence-corrected chi connectivity index (χ2v) is 1.99. The fourth-order valence-corrected chi connectivity index (χ4v) is 0.671. The van der Waals surface area contributed by atoms with Crippen LogP contribution in [0.3, 0.4) is 0 Å². The smallest absolute Gasteiger partial charge is 0.133 e. The van der Waals surface area contributed by atoms with E-state index in [2.05, 4.69) is 20.3 Å². The van der Waals surface area contributed by atoms with Crippen LogP contribution in [0.4, 0.5) is 0 Å². The molecule has 1 heterocycles. The lowest BCUT2D eigenvalue weighted by atomic mass is 10.3. The normalized spacial score (nSPS) is 28.2. The zero-order valence-electron chi connectivity index (χ0n) is 6.07. The maximum absolute atomic E-state index is 4.04. The van der Waals surface area contributed by atoms with Crippen molar-refractivity contribution in [3.63, 3.8) is 0 Å². The molecule has 0 aliphatic carbocycles. The summed E-state index contributed by atoms with van der Waals surface area (Å²) < 4.78 is 0. The van der Waals surface area contributed by atoms with Crippen LogP contribution >= 0.6 is 0 Å². The van der Waals surface area contributed by atoms with Crippen molar-refractivity contribution in [2.24, 2.45) is 15.0 Å². The molecule has 4 nitrogen and oxygen atoms in total. The molecule has 0 saturated heterocycles. The molecule has 1 unspecified atom stereocenters. The van der Waals surface area contributed by atoms with Crippen molar-refractivity contribution in [3.8, 4) is 0 Å². The number of hydrogen-bond acceptors (Lipinski definition) is 2. The molecule has 0 spiro atoms. The van der Waals surface area contributed by atoms with E-state index in [1.54, 1.807) is 13.4 Å². The fourth-order valence-electron chi connectivity index (χ4n) is 0.671. The highest BCUT2D eigenvalue weighted by Crippen LogP contribution is 1.94. The van der Waals surface area contributed by atoms with Gasteiger partial charge >= 0.3 is 0 Å². The van der Waals surface area contributed by atoms with Crippen molar-refractivity contribution in [2.45, 2.75) is 13.0 Å². The van der Waals surface area contributed by atoms with Gasteiger partial charge in [-0.25, -0.2) is 4.99 Å². The van der Waals surface area contributed by atoms with Crippen molar-refractivity contribution in [1.82, 2.24) is 5.32 Å². The first kappa shape index (κ1) is 6.92. The van der Waals surface area contributed by atoms with Crippen LogP contribution in [0.5, 0.6) is 0 Å². The molecule has 0 bridgehead atoms. The summed E-state index contributed by atoms with van der Waals surface area (Å²) in [6, 6.07) is 0.151. The van der Waals surface area contributed by atoms with E-state index >= 15 is 0 Å². The number of nitrogens with one attached hydrogen (secondary N) is 1. The van der Waals surface area contributed by atoms with E-state index < -0.39 is 0 Å². The maximum atomic E-state index is 4.04. The third kappa shape index (κ3) is 1.40. The van der Waals surface area contributed by atoms with Crippen molar-refractivity contribution < 1.29 is 0 Å². The number of hydrogen-bond donors (Lipinski definition) is 1. The van der Waals surface area contributed by atoms with Crippen molar-refractivity contribution in [2.75, 3.05) is 7.05 Å². The summed E-state index contributed by atoms with van der Waals surface area (Å²) in [4.78, 5) is 11.8. The Labute approximate surface area is 59.8 Å². The molecule has 1 rings (SSSR count). The summed E-state index contributed by atoms with van der Waals surface area (Å²) in [5.74, 6) is 0.852. The second kappa shape index (κ2) is 3.10. The lowest BCUT2D eigenvalue weighted by Gasteiger charge is -1.97. The van der Waals surface area contributed by atoms with Gasteiger partial charge in [0, 0.05) is 7.05 Å². The molecule has 1 atom stereocenters. The van der Waals surface area contributed by atoms with Crippen LogP contribution in [-0.4, -0.2) is 31.6 Å². The Morgan fingerprint density at radius 3 is 3.10 bits per heavy atom. The molecule has 0 saturated carbocycles. The standard InChI is InChI=1S/C6H10N4/c1-5-6(9-3-7-2)10-4-8-5/h3-5H,1-2H3,(H,7,8,9,10). The average Bonchev–Trinajstić information content (AvgIpc) is 2.31. The van der Waals surface area contributed by atoms with Gasteiger partial charge in [0.1, 0.15) is 18.2 Å². The van der Waals surface area contributed by atoms with Gasteiger partial charge in [-0.05, 0) is 6.92 Å². The molecule has 10 heavy (non-hydrogen) atoms. The molecule has 0 radical (unpaired) electrons. The van der Waals surface area contributed by atoms with Crippen LogP contribution in [0, 0.1) is 0 Å². The molecule has 0 aromatic heterocycles. The van der Waals surface area contributed by atoms with Gasteiger partial charge in [-0.2, -0.15) is 0 Å². The summed E-state index contributed by atoms with van der Waals surface area (Å²) >= 11 is 0. The SMILES string of the molecule is CN=CN=C1NC=NC1C. The molecule has 1 aliphatic heterocycles. The molecule has 54 valence electrons. The molecule has 1 N–H and O–H groups in total. The van der Waals surface area contributed by atoms with Crippen LogP contribution in [0.2, 0.25) is 0 Å². The Morgan fingerprint density at radius 1 is 1.80 bits per heavy atom. The summed E-state index contributed by atoms with van der Waals surface area (Å²) in [5.41, 5.74) is 0. The zero-order chi connectivity index (χ0) is 7.40. The maximum Gasteiger partial charge on any atom is 0.133 e. The van der Waals surface area contributed by atoms with E-state index in [4.69, 9.17) is 0 Å². The third-order valence-electron chi connectivity index (χ3n) is 1.22. The van der Waals surface area contributed by atoms with E-state index in [-0.39, 0.29) is 6.04 Å². The van der Waals surface area contributed by atoms with Gasteiger partial charge in [0.15, 0.2) is 0 Å². The van der Waals surface area contributed by atoms with Crippen LogP contribution in [0.25, 0.3) is 0 Å². The highest BCUT2D eigenvalue weighted by molar-refractivity contribution is 6.03. The summed E-state index contributed by atoms with van der Waals surface area (Å²) in [5, 5.41) is 2.91. The van der Waals surface area contributed by atoms with Crippen LogP contribution in [0.1, 0.15) is 6.92 Å². The summed E-state index contributed by atoms with van der Waals surface area (Å²) in [6.07, 6.45) is 3.15. The number of nitrogens with zero attached hydrogens (tertiary/aromatic N) is 3. The highest BCUT2D eigenvalue weighted by atomic mass is 15.1. The first-order valence-electron chi connectivity index (χ1n) is 3.11. The molecule has 0 aromatic carbocycles. The number of aliphatic imine (C=N–C) groups is 3. The third-order valence-corrected chi connectivity index (χ3v) is 1.22. The van der Waals surface area contributed by atoms with Crippen LogP contribution < -0.4 is 5.32 Å². The Morgan fingerprint density at radius 2 is 2.60 bits per heavy atom. The zero-order valence-corrected chi connectivity index (χ0v) is 6.07. The van der Waals surface area contributed by atoms with Crippen LogP contribution in [-0.2, 0) is 0 Å². The van der Waals surface area contributed by atoms with Gasteiger partial charge in [-0.15, -0.1) is 0 Å². The number of amidine groups is 1. The molecular formula is C6H10N4. The van der Waals surface area contributed by atoms with Gasteiger partial charge in [0.2, 0.25) is 0 Å². The minimum atomic E-state index is 0.151. The Balaban J connectivity index is 2.58. The van der Waals surface area contributed by atoms with E-state index in [1.807, 2.05) is 6.92 Å². The first-order valence-corrected chi connectivity index (χ1v) is 3.11. The lowest BCUT2D eigenvalue weighted by Crippen LogP contribution is -2.22. The molecule has 0 amide bonds. The van der Waals surface area contributed by atoms with Gasteiger partial charge in [0.25, 0.3) is 0 Å². The summed E-state index contributed by atoms with van der Waals surface area (Å²) in [7, 11) is 1.69. The van der Waals surface area contributed by atoms with Gasteiger partial charge in [-0.3, -0.25) is 9.98 Å². The lowest BCUT2D eigenvalue weighted by molar-refractivity contribution is 0.994. The topological polar surface area (TPSA) is 49.1 Å². The van der Waals surface area contributed by atoms with Crippen molar-refractivity contribution in [1.29, 1.82) is 0 Å². The van der Waals surface area contributed by atoms with E-state index in [9.17, 15) is 0 Å². The van der Waals surface area contributed by atoms with Crippen LogP contribution in [0.15, 0.2) is 15.0 Å². The molecule has 4 heteroatoms. The van der Waals surface area contributed by atoms with Crippen molar-refractivity contribution >= 4 is 18.5 Å². The largest absolute Gasteiger partial charge is 0.333 e. The van der Waals surface area contributed by atoms with Crippen molar-refractivity contribution in [3.05, 3.63) is 0 Å². The molecule has 0 aromatic rings. The Bertz CT molecular complexity index is 192. The predicted octanol–water partition coefficient (Wildman–Crippen LogP) is 0.0630. The molecular weight excluding hydrogens is 128 g/mol. The predicted molar refractivity (Wildman–Crippen MR) is 42.9 cm³/mol. The molecule has 0 fully saturated rings. The minimum absolute atomic E-state index is 0.151. The fraction of sp³-hybridized carbons (Fsp3) is 0.500. The first-order chi connectivity index (χ1) is 4.84. The highest BCUT2D eigenvalue weighted by Gasteiger charge is 2.10. The van der Waals surface area contributed by atoms with Gasteiger partial charge in [0.05, 0.1) is 6.34 Å². The van der Waals surface area contributed by atoms with Gasteiger partial charge in [-0.1, -0.05) is 0 Å². The second-order valence-electron chi connectivity index (χ2n) is 1.99. The van der Waals surface area contributed by atoms with E-state index in [1.165, 1.54) is 6.34 Å². The van der Waals surface area contributed by atoms with E-state index in [0.717, 1.165) is 5.84 Å². The Hall–Kier alpha value is -1.19. The summed E-state index contributed by atoms with van der Waals surface area (Å²) in [6.45, 7) is 1.97. The quantitative estimate of drug-likeness (QED) is 0.404. The molecule has 1 aliphatic rings. The monoisotopic (exact) mass is 138 g/mol.